The van der Waals surface area contributed by atoms with Gasteiger partial charge in [0, 0.05) is 19.3 Å². The third-order valence-corrected chi connectivity index (χ3v) is 3.70. The smallest absolute Gasteiger partial charge is 0.0521 e. The molecule has 2 rings (SSSR count). The molecule has 0 spiro atoms. The first-order valence-electron chi connectivity index (χ1n) is 6.66. The standard InChI is InChI=1S/C14H25N3/c1-14(2,3)12(9-15-13-5-6-13)7-11-8-16-17(4)10-11/h8,10,12-13,15H,5-7,9H2,1-4H3. The Balaban J connectivity index is 1.94. The molecule has 0 aromatic carbocycles. The average molecular weight is 235 g/mol. The van der Waals surface area contributed by atoms with Crippen LogP contribution in [0.1, 0.15) is 39.2 Å². The summed E-state index contributed by atoms with van der Waals surface area (Å²) in [5.74, 6) is 0.673. The van der Waals surface area contributed by atoms with Gasteiger partial charge in [-0.15, -0.1) is 0 Å². The van der Waals surface area contributed by atoms with Crippen LogP contribution in [0.25, 0.3) is 0 Å². The van der Waals surface area contributed by atoms with E-state index in [2.05, 4.69) is 37.4 Å². The number of rotatable bonds is 5. The number of nitrogens with one attached hydrogen (secondary N) is 1. The van der Waals surface area contributed by atoms with Gasteiger partial charge in [0.05, 0.1) is 6.20 Å². The first-order chi connectivity index (χ1) is 7.95. The molecule has 0 saturated heterocycles. The number of hydrogen-bond acceptors (Lipinski definition) is 2. The van der Waals surface area contributed by atoms with Gasteiger partial charge in [0.2, 0.25) is 0 Å². The minimum absolute atomic E-state index is 0.345. The molecular formula is C14H25N3. The van der Waals surface area contributed by atoms with Gasteiger partial charge in [-0.25, -0.2) is 0 Å². The molecule has 1 saturated carbocycles. The van der Waals surface area contributed by atoms with E-state index in [1.165, 1.54) is 18.4 Å². The predicted molar refractivity (Wildman–Crippen MR) is 70.9 cm³/mol. The van der Waals surface area contributed by atoms with Crippen LogP contribution in [-0.4, -0.2) is 22.4 Å². The van der Waals surface area contributed by atoms with Gasteiger partial charge in [0.15, 0.2) is 0 Å². The van der Waals surface area contributed by atoms with Crippen LogP contribution in [0, 0.1) is 11.3 Å². The first-order valence-corrected chi connectivity index (χ1v) is 6.66. The Hall–Kier alpha value is -0.830. The summed E-state index contributed by atoms with van der Waals surface area (Å²) in [5.41, 5.74) is 1.70. The molecule has 1 aliphatic rings. The summed E-state index contributed by atoms with van der Waals surface area (Å²) in [6.45, 7) is 8.14. The monoisotopic (exact) mass is 235 g/mol. The molecule has 3 heteroatoms. The molecule has 1 aliphatic carbocycles. The van der Waals surface area contributed by atoms with Crippen molar-refractivity contribution in [3.63, 3.8) is 0 Å². The maximum Gasteiger partial charge on any atom is 0.0521 e. The molecule has 96 valence electrons. The van der Waals surface area contributed by atoms with E-state index in [9.17, 15) is 0 Å². The molecule has 1 aromatic rings. The van der Waals surface area contributed by atoms with Gasteiger partial charge in [0.1, 0.15) is 0 Å². The van der Waals surface area contributed by atoms with Crippen molar-refractivity contribution in [3.8, 4) is 0 Å². The Morgan fingerprint density at radius 1 is 1.47 bits per heavy atom. The van der Waals surface area contributed by atoms with E-state index in [-0.39, 0.29) is 0 Å². The van der Waals surface area contributed by atoms with E-state index in [0.717, 1.165) is 19.0 Å². The van der Waals surface area contributed by atoms with Crippen LogP contribution in [-0.2, 0) is 13.5 Å². The maximum atomic E-state index is 4.26. The quantitative estimate of drug-likeness (QED) is 0.849. The third kappa shape index (κ3) is 3.84. The van der Waals surface area contributed by atoms with Crippen molar-refractivity contribution in [2.75, 3.05) is 6.54 Å². The second-order valence-electron chi connectivity index (χ2n) is 6.47. The molecule has 1 N–H and O–H groups in total. The fourth-order valence-corrected chi connectivity index (χ4v) is 2.14. The Kier molecular flexibility index (Phi) is 3.57. The van der Waals surface area contributed by atoms with Crippen molar-refractivity contribution in [1.82, 2.24) is 15.1 Å². The zero-order valence-electron chi connectivity index (χ0n) is 11.5. The lowest BCUT2D eigenvalue weighted by atomic mass is 9.77. The SMILES string of the molecule is Cn1cc(CC(CNC2CC2)C(C)(C)C)cn1. The zero-order valence-corrected chi connectivity index (χ0v) is 11.5. The largest absolute Gasteiger partial charge is 0.314 e. The molecule has 0 radical (unpaired) electrons. The second-order valence-corrected chi connectivity index (χ2v) is 6.47. The summed E-state index contributed by atoms with van der Waals surface area (Å²) < 4.78 is 1.89. The van der Waals surface area contributed by atoms with Crippen LogP contribution in [0.15, 0.2) is 12.4 Å². The molecule has 1 heterocycles. The van der Waals surface area contributed by atoms with E-state index in [1.54, 1.807) is 0 Å². The van der Waals surface area contributed by atoms with Gasteiger partial charge in [-0.05, 0) is 42.7 Å². The minimum Gasteiger partial charge on any atom is -0.314 e. The van der Waals surface area contributed by atoms with E-state index < -0.39 is 0 Å². The Morgan fingerprint density at radius 2 is 2.18 bits per heavy atom. The van der Waals surface area contributed by atoms with Crippen LogP contribution in [0.2, 0.25) is 0 Å². The molecule has 0 amide bonds. The fourth-order valence-electron chi connectivity index (χ4n) is 2.14. The van der Waals surface area contributed by atoms with Crippen molar-refractivity contribution in [1.29, 1.82) is 0 Å². The number of aromatic nitrogens is 2. The highest BCUT2D eigenvalue weighted by Crippen LogP contribution is 2.29. The van der Waals surface area contributed by atoms with Crippen LogP contribution < -0.4 is 5.32 Å². The van der Waals surface area contributed by atoms with Crippen LogP contribution >= 0.6 is 0 Å². The first kappa shape index (κ1) is 12.6. The molecule has 0 bridgehead atoms. The van der Waals surface area contributed by atoms with Crippen LogP contribution in [0.4, 0.5) is 0 Å². The van der Waals surface area contributed by atoms with Crippen molar-refractivity contribution >= 4 is 0 Å². The fraction of sp³-hybridized carbons (Fsp3) is 0.786. The maximum absolute atomic E-state index is 4.26. The predicted octanol–water partition coefficient (Wildman–Crippen LogP) is 2.38. The van der Waals surface area contributed by atoms with Crippen LogP contribution in [0.5, 0.6) is 0 Å². The molecule has 1 unspecified atom stereocenters. The van der Waals surface area contributed by atoms with Gasteiger partial charge >= 0.3 is 0 Å². The molecule has 3 nitrogen and oxygen atoms in total. The Bertz CT molecular complexity index is 358. The van der Waals surface area contributed by atoms with E-state index in [0.29, 0.717) is 11.3 Å². The lowest BCUT2D eigenvalue weighted by molar-refractivity contribution is 0.230. The minimum atomic E-state index is 0.345. The van der Waals surface area contributed by atoms with Crippen molar-refractivity contribution < 1.29 is 0 Å². The molecule has 0 aliphatic heterocycles. The van der Waals surface area contributed by atoms with E-state index in [4.69, 9.17) is 0 Å². The summed E-state index contributed by atoms with van der Waals surface area (Å²) in [6, 6.07) is 0.800. The molecule has 1 atom stereocenters. The Morgan fingerprint density at radius 3 is 2.65 bits per heavy atom. The van der Waals surface area contributed by atoms with Gasteiger partial charge in [-0.3, -0.25) is 4.68 Å². The summed E-state index contributed by atoms with van der Waals surface area (Å²) in [4.78, 5) is 0. The van der Waals surface area contributed by atoms with Crippen molar-refractivity contribution in [2.45, 2.75) is 46.1 Å². The lowest BCUT2D eigenvalue weighted by Gasteiger charge is -2.31. The van der Waals surface area contributed by atoms with Crippen molar-refractivity contribution in [2.24, 2.45) is 18.4 Å². The van der Waals surface area contributed by atoms with Gasteiger partial charge < -0.3 is 5.32 Å². The number of aryl methyl sites for hydroxylation is 1. The second kappa shape index (κ2) is 4.81. The van der Waals surface area contributed by atoms with Gasteiger partial charge in [-0.1, -0.05) is 20.8 Å². The molecule has 1 aromatic heterocycles. The summed E-state index contributed by atoms with van der Waals surface area (Å²) in [7, 11) is 1.98. The highest BCUT2D eigenvalue weighted by atomic mass is 15.2. The van der Waals surface area contributed by atoms with Gasteiger partial charge in [-0.2, -0.15) is 5.10 Å². The van der Waals surface area contributed by atoms with Gasteiger partial charge in [0.25, 0.3) is 0 Å². The normalized spacial score (nSPS) is 18.4. The molecule has 17 heavy (non-hydrogen) atoms. The van der Waals surface area contributed by atoms with E-state index in [1.807, 2.05) is 17.9 Å². The van der Waals surface area contributed by atoms with Crippen molar-refractivity contribution in [3.05, 3.63) is 18.0 Å². The third-order valence-electron chi connectivity index (χ3n) is 3.70. The highest BCUT2D eigenvalue weighted by Gasteiger charge is 2.28. The topological polar surface area (TPSA) is 29.9 Å². The number of hydrogen-bond donors (Lipinski definition) is 1. The summed E-state index contributed by atoms with van der Waals surface area (Å²) >= 11 is 0. The molecular weight excluding hydrogens is 210 g/mol. The zero-order chi connectivity index (χ0) is 12.5. The highest BCUT2D eigenvalue weighted by molar-refractivity contribution is 5.06. The Labute approximate surface area is 105 Å². The molecule has 1 fully saturated rings. The summed E-state index contributed by atoms with van der Waals surface area (Å²) in [5, 5.41) is 7.92. The van der Waals surface area contributed by atoms with Crippen LogP contribution in [0.3, 0.4) is 0 Å². The lowest BCUT2D eigenvalue weighted by Crippen LogP contribution is -2.34. The van der Waals surface area contributed by atoms with E-state index >= 15 is 0 Å². The average Bonchev–Trinajstić information content (AvgIpc) is 2.95. The summed E-state index contributed by atoms with van der Waals surface area (Å²) in [6.07, 6.45) is 7.98. The number of nitrogens with zero attached hydrogens (tertiary/aromatic N) is 2.